The summed E-state index contributed by atoms with van der Waals surface area (Å²) in [5.74, 6) is 0. The molecule has 0 N–H and O–H groups in total. The summed E-state index contributed by atoms with van der Waals surface area (Å²) >= 11 is 0. The van der Waals surface area contributed by atoms with Crippen LogP contribution in [0.2, 0.25) is 0 Å². The topological polar surface area (TPSA) is 18.8 Å². The molecule has 3 nitrogen and oxygen atoms in total. The van der Waals surface area contributed by atoms with Crippen molar-refractivity contribution in [2.45, 2.75) is 39.8 Å². The van der Waals surface area contributed by atoms with Gasteiger partial charge in [0, 0.05) is 13.1 Å². The van der Waals surface area contributed by atoms with Crippen LogP contribution in [0.15, 0.2) is 5.10 Å². The van der Waals surface area contributed by atoms with Gasteiger partial charge in [-0.1, -0.05) is 13.8 Å². The van der Waals surface area contributed by atoms with E-state index in [2.05, 4.69) is 35.8 Å². The molecular weight excluding hydrogens is 150 g/mol. The average molecular weight is 169 g/mol. The number of hydrogen-bond donors (Lipinski definition) is 0. The number of hydrogen-bond acceptors (Lipinski definition) is 3. The van der Waals surface area contributed by atoms with Crippen LogP contribution in [-0.2, 0) is 0 Å². The predicted octanol–water partition coefficient (Wildman–Crippen LogP) is 1.71. The van der Waals surface area contributed by atoms with Gasteiger partial charge in [0.1, 0.15) is 12.5 Å². The molecule has 3 heteroatoms. The Morgan fingerprint density at radius 1 is 1.33 bits per heavy atom. The van der Waals surface area contributed by atoms with E-state index in [0.29, 0.717) is 6.17 Å². The minimum atomic E-state index is 0.509. The Labute approximate surface area is 75.0 Å². The molecule has 0 spiro atoms. The maximum atomic E-state index is 4.36. The van der Waals surface area contributed by atoms with Gasteiger partial charge in [0.05, 0.1) is 0 Å². The lowest BCUT2D eigenvalue weighted by Gasteiger charge is -2.28. The van der Waals surface area contributed by atoms with Crippen LogP contribution in [0.25, 0.3) is 0 Å². The van der Waals surface area contributed by atoms with E-state index in [0.717, 1.165) is 19.5 Å². The molecular formula is C9H19N3. The lowest BCUT2D eigenvalue weighted by atomic mass is 10.3. The summed E-state index contributed by atoms with van der Waals surface area (Å²) in [5.41, 5.74) is 0. The fourth-order valence-electron chi connectivity index (χ4n) is 1.63. The highest BCUT2D eigenvalue weighted by atomic mass is 15.6. The molecule has 0 saturated heterocycles. The quantitative estimate of drug-likeness (QED) is 0.638. The molecule has 1 unspecified atom stereocenters. The summed E-state index contributed by atoms with van der Waals surface area (Å²) in [5, 5.41) is 6.55. The normalized spacial score (nSPS) is 22.4. The van der Waals surface area contributed by atoms with E-state index in [1.165, 1.54) is 6.42 Å². The van der Waals surface area contributed by atoms with Crippen molar-refractivity contribution in [1.82, 2.24) is 9.91 Å². The van der Waals surface area contributed by atoms with E-state index < -0.39 is 0 Å². The van der Waals surface area contributed by atoms with E-state index >= 15 is 0 Å². The molecule has 0 aliphatic carbocycles. The van der Waals surface area contributed by atoms with Crippen LogP contribution in [0.5, 0.6) is 0 Å². The molecule has 0 aromatic carbocycles. The first-order valence-corrected chi connectivity index (χ1v) is 4.89. The van der Waals surface area contributed by atoms with Gasteiger partial charge in [-0.2, -0.15) is 5.10 Å². The summed E-state index contributed by atoms with van der Waals surface area (Å²) in [6.07, 6.45) is 4.79. The second-order valence-electron chi connectivity index (χ2n) is 3.11. The number of nitrogens with zero attached hydrogens (tertiary/aromatic N) is 3. The van der Waals surface area contributed by atoms with Crippen molar-refractivity contribution in [2.24, 2.45) is 5.10 Å². The molecule has 0 bridgehead atoms. The van der Waals surface area contributed by atoms with Crippen LogP contribution in [0.4, 0.5) is 0 Å². The van der Waals surface area contributed by atoms with Gasteiger partial charge in [-0.05, 0) is 19.8 Å². The van der Waals surface area contributed by atoms with Crippen molar-refractivity contribution in [3.05, 3.63) is 0 Å². The highest BCUT2D eigenvalue weighted by Gasteiger charge is 2.23. The predicted molar refractivity (Wildman–Crippen MR) is 51.9 cm³/mol. The molecule has 1 rings (SSSR count). The zero-order chi connectivity index (χ0) is 8.97. The lowest BCUT2D eigenvalue weighted by molar-refractivity contribution is 0.130. The maximum Gasteiger partial charge on any atom is 0.118 e. The summed E-state index contributed by atoms with van der Waals surface area (Å²) < 4.78 is 0. The summed E-state index contributed by atoms with van der Waals surface area (Å²) in [6.45, 7) is 8.71. The van der Waals surface area contributed by atoms with Crippen LogP contribution in [0.1, 0.15) is 33.6 Å². The van der Waals surface area contributed by atoms with Crippen LogP contribution >= 0.6 is 0 Å². The van der Waals surface area contributed by atoms with Crippen molar-refractivity contribution >= 4 is 6.34 Å². The SMILES string of the molecule is CCCN1N=CN(CC)C1CC. The van der Waals surface area contributed by atoms with Gasteiger partial charge in [-0.3, -0.25) is 5.01 Å². The third kappa shape index (κ3) is 1.71. The third-order valence-corrected chi connectivity index (χ3v) is 2.26. The van der Waals surface area contributed by atoms with Gasteiger partial charge in [-0.15, -0.1) is 0 Å². The van der Waals surface area contributed by atoms with E-state index in [9.17, 15) is 0 Å². The Bertz CT molecular complexity index is 156. The van der Waals surface area contributed by atoms with E-state index in [4.69, 9.17) is 0 Å². The Kier molecular flexibility index (Phi) is 3.38. The molecule has 70 valence electrons. The van der Waals surface area contributed by atoms with E-state index in [-0.39, 0.29) is 0 Å². The largest absolute Gasteiger partial charge is 0.340 e. The van der Waals surface area contributed by atoms with Gasteiger partial charge in [0.25, 0.3) is 0 Å². The van der Waals surface area contributed by atoms with Gasteiger partial charge >= 0.3 is 0 Å². The molecule has 0 saturated carbocycles. The van der Waals surface area contributed by atoms with Crippen molar-refractivity contribution in [2.75, 3.05) is 13.1 Å². The fraction of sp³-hybridized carbons (Fsp3) is 0.889. The van der Waals surface area contributed by atoms with Crippen LogP contribution in [0, 0.1) is 0 Å². The molecule has 1 aliphatic rings. The second-order valence-corrected chi connectivity index (χ2v) is 3.11. The fourth-order valence-corrected chi connectivity index (χ4v) is 1.63. The molecule has 0 aromatic rings. The van der Waals surface area contributed by atoms with Crippen molar-refractivity contribution in [1.29, 1.82) is 0 Å². The Morgan fingerprint density at radius 3 is 2.58 bits per heavy atom. The number of hydrazone groups is 1. The highest BCUT2D eigenvalue weighted by molar-refractivity contribution is 5.56. The molecule has 1 aliphatic heterocycles. The first kappa shape index (κ1) is 9.36. The standard InChI is InChI=1S/C9H19N3/c1-4-7-12-9(5-2)11(6-3)8-10-12/h8-9H,4-7H2,1-3H3. The first-order chi connectivity index (χ1) is 5.83. The summed E-state index contributed by atoms with van der Waals surface area (Å²) in [6, 6.07) is 0. The van der Waals surface area contributed by atoms with Crippen molar-refractivity contribution in [3.8, 4) is 0 Å². The Balaban J connectivity index is 2.50. The average Bonchev–Trinajstić information content (AvgIpc) is 2.47. The minimum Gasteiger partial charge on any atom is -0.340 e. The van der Waals surface area contributed by atoms with Gasteiger partial charge in [0.2, 0.25) is 0 Å². The Morgan fingerprint density at radius 2 is 2.08 bits per heavy atom. The van der Waals surface area contributed by atoms with Crippen LogP contribution in [-0.4, -0.2) is 35.5 Å². The zero-order valence-corrected chi connectivity index (χ0v) is 8.32. The lowest BCUT2D eigenvalue weighted by Crippen LogP contribution is -2.39. The van der Waals surface area contributed by atoms with Gasteiger partial charge < -0.3 is 4.90 Å². The zero-order valence-electron chi connectivity index (χ0n) is 8.32. The van der Waals surface area contributed by atoms with Crippen molar-refractivity contribution in [3.63, 3.8) is 0 Å². The molecule has 0 fully saturated rings. The molecule has 0 aromatic heterocycles. The summed E-state index contributed by atoms with van der Waals surface area (Å²) in [7, 11) is 0. The summed E-state index contributed by atoms with van der Waals surface area (Å²) in [4.78, 5) is 2.29. The van der Waals surface area contributed by atoms with Crippen LogP contribution in [0.3, 0.4) is 0 Å². The monoisotopic (exact) mass is 169 g/mol. The third-order valence-electron chi connectivity index (χ3n) is 2.26. The minimum absolute atomic E-state index is 0.509. The molecule has 12 heavy (non-hydrogen) atoms. The molecule has 0 radical (unpaired) electrons. The van der Waals surface area contributed by atoms with Crippen LogP contribution < -0.4 is 0 Å². The second kappa shape index (κ2) is 4.33. The van der Waals surface area contributed by atoms with Gasteiger partial charge in [-0.25, -0.2) is 0 Å². The maximum absolute atomic E-state index is 4.36. The van der Waals surface area contributed by atoms with Crippen molar-refractivity contribution < 1.29 is 0 Å². The smallest absolute Gasteiger partial charge is 0.118 e. The Hall–Kier alpha value is -0.730. The van der Waals surface area contributed by atoms with Gasteiger partial charge in [0.15, 0.2) is 0 Å². The molecule has 1 atom stereocenters. The molecule has 1 heterocycles. The first-order valence-electron chi connectivity index (χ1n) is 4.89. The molecule has 0 amide bonds. The van der Waals surface area contributed by atoms with E-state index in [1.54, 1.807) is 0 Å². The number of rotatable bonds is 4. The van der Waals surface area contributed by atoms with E-state index in [1.807, 2.05) is 6.34 Å². The highest BCUT2D eigenvalue weighted by Crippen LogP contribution is 2.14.